The molecule has 1 saturated heterocycles. The lowest BCUT2D eigenvalue weighted by molar-refractivity contribution is -0.384. The topological polar surface area (TPSA) is 105 Å². The molecule has 9 nitrogen and oxygen atoms in total. The zero-order valence-corrected chi connectivity index (χ0v) is 18.6. The summed E-state index contributed by atoms with van der Waals surface area (Å²) in [7, 11) is 0. The van der Waals surface area contributed by atoms with Crippen molar-refractivity contribution in [1.82, 2.24) is 4.90 Å². The molecule has 0 bridgehead atoms. The number of esters is 1. The number of nitro benzene ring substituents is 1. The van der Waals surface area contributed by atoms with E-state index in [0.717, 1.165) is 56.1 Å². The highest BCUT2D eigenvalue weighted by atomic mass is 16.6. The van der Waals surface area contributed by atoms with E-state index in [0.29, 0.717) is 5.69 Å². The van der Waals surface area contributed by atoms with Crippen LogP contribution in [-0.2, 0) is 4.74 Å². The lowest BCUT2D eigenvalue weighted by atomic mass is 10.1. The van der Waals surface area contributed by atoms with Gasteiger partial charge in [0.05, 0.1) is 17.1 Å². The van der Waals surface area contributed by atoms with Gasteiger partial charge in [0.25, 0.3) is 11.6 Å². The lowest BCUT2D eigenvalue weighted by Crippen LogP contribution is -2.46. The first kappa shape index (κ1) is 23.2. The third kappa shape index (κ3) is 5.42. The summed E-state index contributed by atoms with van der Waals surface area (Å²) in [5.41, 5.74) is 2.21. The van der Waals surface area contributed by atoms with Gasteiger partial charge >= 0.3 is 5.97 Å². The maximum Gasteiger partial charge on any atom is 0.338 e. The van der Waals surface area contributed by atoms with E-state index in [-0.39, 0.29) is 23.4 Å². The molecule has 1 heterocycles. The Balaban J connectivity index is 1.78. The second kappa shape index (κ2) is 10.2. The van der Waals surface area contributed by atoms with Gasteiger partial charge in [0.1, 0.15) is 0 Å². The Bertz CT molecular complexity index is 1020. The SMILES string of the molecule is CCOC(=O)c1cc(C(=O)Nc2ccc(N3CCN(CC)CC3)cc2C)cc([N+](=O)[O-])c1. The number of amides is 1. The number of hydrogen-bond donors (Lipinski definition) is 1. The third-order valence-electron chi connectivity index (χ3n) is 5.54. The molecule has 1 amide bonds. The van der Waals surface area contributed by atoms with Gasteiger partial charge in [-0.3, -0.25) is 14.9 Å². The molecule has 1 aliphatic rings. The number of benzene rings is 2. The number of nitrogens with one attached hydrogen (secondary N) is 1. The van der Waals surface area contributed by atoms with Gasteiger partial charge in [0, 0.05) is 55.2 Å². The van der Waals surface area contributed by atoms with Crippen molar-refractivity contribution in [2.24, 2.45) is 0 Å². The number of anilines is 2. The molecular weight excluding hydrogens is 412 g/mol. The minimum atomic E-state index is -0.714. The van der Waals surface area contributed by atoms with Crippen LogP contribution in [0.15, 0.2) is 36.4 Å². The molecule has 9 heteroatoms. The van der Waals surface area contributed by atoms with Crippen LogP contribution in [0.2, 0.25) is 0 Å². The van der Waals surface area contributed by atoms with E-state index >= 15 is 0 Å². The summed E-state index contributed by atoms with van der Waals surface area (Å²) in [6.45, 7) is 10.8. The van der Waals surface area contributed by atoms with E-state index in [1.807, 2.05) is 25.1 Å². The number of non-ortho nitro benzene ring substituents is 1. The highest BCUT2D eigenvalue weighted by Crippen LogP contribution is 2.25. The van der Waals surface area contributed by atoms with Crippen molar-refractivity contribution in [3.05, 3.63) is 63.2 Å². The summed E-state index contributed by atoms with van der Waals surface area (Å²) in [5.74, 6) is -1.25. The Morgan fingerprint density at radius 2 is 1.75 bits per heavy atom. The number of rotatable bonds is 7. The Labute approximate surface area is 187 Å². The normalized spacial score (nSPS) is 14.2. The summed E-state index contributed by atoms with van der Waals surface area (Å²) in [5, 5.41) is 14.1. The highest BCUT2D eigenvalue weighted by Gasteiger charge is 2.20. The number of likely N-dealkylation sites (N-methyl/N-ethyl adjacent to an activating group) is 1. The zero-order chi connectivity index (χ0) is 23.3. The average molecular weight is 441 g/mol. The van der Waals surface area contributed by atoms with Crippen LogP contribution in [0.25, 0.3) is 0 Å². The van der Waals surface area contributed by atoms with Crippen LogP contribution in [0.1, 0.15) is 40.1 Å². The van der Waals surface area contributed by atoms with Gasteiger partial charge in [-0.1, -0.05) is 6.92 Å². The van der Waals surface area contributed by atoms with Crippen LogP contribution in [-0.4, -0.2) is 61.0 Å². The average Bonchev–Trinajstić information content (AvgIpc) is 2.80. The van der Waals surface area contributed by atoms with E-state index in [4.69, 9.17) is 4.74 Å². The van der Waals surface area contributed by atoms with Crippen LogP contribution in [0.5, 0.6) is 0 Å². The molecule has 1 fully saturated rings. The third-order valence-corrected chi connectivity index (χ3v) is 5.54. The molecule has 32 heavy (non-hydrogen) atoms. The molecule has 0 aliphatic carbocycles. The lowest BCUT2D eigenvalue weighted by Gasteiger charge is -2.35. The fraction of sp³-hybridized carbons (Fsp3) is 0.391. The molecule has 0 radical (unpaired) electrons. The Kier molecular flexibility index (Phi) is 7.42. The predicted molar refractivity (Wildman–Crippen MR) is 123 cm³/mol. The number of nitrogens with zero attached hydrogens (tertiary/aromatic N) is 3. The van der Waals surface area contributed by atoms with Gasteiger partial charge in [-0.05, 0) is 50.2 Å². The Morgan fingerprint density at radius 3 is 2.34 bits per heavy atom. The molecule has 1 aliphatic heterocycles. The Morgan fingerprint density at radius 1 is 1.06 bits per heavy atom. The summed E-state index contributed by atoms with van der Waals surface area (Å²) in [6, 6.07) is 9.37. The molecule has 0 atom stereocenters. The first-order chi connectivity index (χ1) is 15.3. The summed E-state index contributed by atoms with van der Waals surface area (Å²) < 4.78 is 4.92. The van der Waals surface area contributed by atoms with Crippen molar-refractivity contribution in [1.29, 1.82) is 0 Å². The number of nitro groups is 1. The van der Waals surface area contributed by atoms with E-state index in [1.54, 1.807) is 6.92 Å². The van der Waals surface area contributed by atoms with E-state index in [9.17, 15) is 19.7 Å². The quantitative estimate of drug-likeness (QED) is 0.399. The van der Waals surface area contributed by atoms with Gasteiger partial charge in [0.2, 0.25) is 0 Å². The minimum absolute atomic E-state index is 0.0152. The monoisotopic (exact) mass is 440 g/mol. The summed E-state index contributed by atoms with van der Waals surface area (Å²) in [6.07, 6.45) is 0. The number of carbonyl (C=O) groups is 2. The molecule has 0 spiro atoms. The van der Waals surface area contributed by atoms with Crippen LogP contribution in [0, 0.1) is 17.0 Å². The highest BCUT2D eigenvalue weighted by molar-refractivity contribution is 6.06. The van der Waals surface area contributed by atoms with Crippen molar-refractivity contribution in [2.75, 3.05) is 49.5 Å². The van der Waals surface area contributed by atoms with Crippen LogP contribution >= 0.6 is 0 Å². The van der Waals surface area contributed by atoms with Crippen molar-refractivity contribution >= 4 is 28.9 Å². The zero-order valence-electron chi connectivity index (χ0n) is 18.6. The molecule has 0 aromatic heterocycles. The van der Waals surface area contributed by atoms with Gasteiger partial charge in [-0.2, -0.15) is 0 Å². The number of carbonyl (C=O) groups excluding carboxylic acids is 2. The van der Waals surface area contributed by atoms with Crippen LogP contribution < -0.4 is 10.2 Å². The second-order valence-electron chi connectivity index (χ2n) is 7.62. The molecule has 3 rings (SSSR count). The first-order valence-electron chi connectivity index (χ1n) is 10.7. The van der Waals surface area contributed by atoms with E-state index in [1.165, 1.54) is 6.07 Å². The molecular formula is C23H28N4O5. The molecule has 2 aromatic rings. The standard InChI is InChI=1S/C23H28N4O5/c1-4-25-8-10-26(11-9-25)19-6-7-21(16(3)12-19)24-22(28)17-13-18(23(29)32-5-2)15-20(14-17)27(30)31/h6-7,12-15H,4-5,8-11H2,1-3H3,(H,24,28). The largest absolute Gasteiger partial charge is 0.462 e. The molecule has 1 N–H and O–H groups in total. The molecule has 0 saturated carbocycles. The molecule has 0 unspecified atom stereocenters. The van der Waals surface area contributed by atoms with Gasteiger partial charge in [-0.25, -0.2) is 4.79 Å². The minimum Gasteiger partial charge on any atom is -0.462 e. The smallest absolute Gasteiger partial charge is 0.338 e. The maximum absolute atomic E-state index is 12.8. The van der Waals surface area contributed by atoms with Crippen molar-refractivity contribution in [3.8, 4) is 0 Å². The number of ether oxygens (including phenoxy) is 1. The Hall–Kier alpha value is -3.46. The van der Waals surface area contributed by atoms with Gasteiger partial charge in [-0.15, -0.1) is 0 Å². The molecule has 2 aromatic carbocycles. The first-order valence-corrected chi connectivity index (χ1v) is 10.7. The number of aryl methyl sites for hydroxylation is 1. The number of piperazine rings is 1. The molecule has 170 valence electrons. The number of hydrogen-bond acceptors (Lipinski definition) is 7. The van der Waals surface area contributed by atoms with Crippen molar-refractivity contribution < 1.29 is 19.2 Å². The van der Waals surface area contributed by atoms with Gasteiger partial charge in [0.15, 0.2) is 0 Å². The fourth-order valence-electron chi connectivity index (χ4n) is 3.68. The second-order valence-corrected chi connectivity index (χ2v) is 7.62. The van der Waals surface area contributed by atoms with E-state index < -0.39 is 16.8 Å². The van der Waals surface area contributed by atoms with Crippen LogP contribution in [0.4, 0.5) is 17.1 Å². The summed E-state index contributed by atoms with van der Waals surface area (Å²) in [4.78, 5) is 40.2. The van der Waals surface area contributed by atoms with Crippen molar-refractivity contribution in [3.63, 3.8) is 0 Å². The van der Waals surface area contributed by atoms with Gasteiger partial charge < -0.3 is 19.9 Å². The van der Waals surface area contributed by atoms with E-state index in [2.05, 4.69) is 22.0 Å². The fourth-order valence-corrected chi connectivity index (χ4v) is 3.68. The van der Waals surface area contributed by atoms with Crippen molar-refractivity contribution in [2.45, 2.75) is 20.8 Å². The predicted octanol–water partition coefficient (Wildman–Crippen LogP) is 3.47. The summed E-state index contributed by atoms with van der Waals surface area (Å²) >= 11 is 0. The van der Waals surface area contributed by atoms with Crippen LogP contribution in [0.3, 0.4) is 0 Å². The maximum atomic E-state index is 12.8.